The molecule has 18 heavy (non-hydrogen) atoms. The minimum atomic E-state index is 0.357. The van der Waals surface area contributed by atoms with Gasteiger partial charge in [-0.1, -0.05) is 12.1 Å². The second-order valence-electron chi connectivity index (χ2n) is 3.10. The molecule has 2 aromatic rings. The summed E-state index contributed by atoms with van der Waals surface area (Å²) in [5, 5.41) is 12.3. The van der Waals surface area contributed by atoms with Crippen LogP contribution < -0.4 is 10.9 Å². The predicted octanol–water partition coefficient (Wildman–Crippen LogP) is 2.64. The number of thiocarbonyl (C=S) groups is 1. The van der Waals surface area contributed by atoms with Gasteiger partial charge in [-0.3, -0.25) is 10.9 Å². The van der Waals surface area contributed by atoms with Crippen LogP contribution in [-0.4, -0.2) is 17.5 Å². The van der Waals surface area contributed by atoms with Crippen molar-refractivity contribution in [1.29, 1.82) is 0 Å². The molecule has 0 radical (unpaired) electrons. The summed E-state index contributed by atoms with van der Waals surface area (Å²) >= 11 is 8.22. The first-order chi connectivity index (χ1) is 8.84. The van der Waals surface area contributed by atoms with Gasteiger partial charge in [-0.15, -0.1) is 22.7 Å². The van der Waals surface area contributed by atoms with Gasteiger partial charge in [-0.25, -0.2) is 0 Å². The molecule has 0 unspecified atom stereocenters. The first kappa shape index (κ1) is 12.9. The van der Waals surface area contributed by atoms with Crippen molar-refractivity contribution < 1.29 is 0 Å². The molecule has 2 heterocycles. The van der Waals surface area contributed by atoms with Gasteiger partial charge in [-0.2, -0.15) is 10.2 Å². The maximum atomic E-state index is 5.00. The zero-order valence-electron chi connectivity index (χ0n) is 9.24. The third-order valence-electron chi connectivity index (χ3n) is 1.80. The van der Waals surface area contributed by atoms with Gasteiger partial charge in [-0.05, 0) is 35.1 Å². The van der Waals surface area contributed by atoms with E-state index < -0.39 is 0 Å². The molecule has 0 aliphatic carbocycles. The second kappa shape index (κ2) is 7.00. The Balaban J connectivity index is 1.72. The summed E-state index contributed by atoms with van der Waals surface area (Å²) in [6, 6.07) is 7.88. The van der Waals surface area contributed by atoms with Gasteiger partial charge in [0.1, 0.15) is 0 Å². The molecule has 2 rings (SSSR count). The highest BCUT2D eigenvalue weighted by Gasteiger charge is 1.90. The van der Waals surface area contributed by atoms with Crippen LogP contribution in [-0.2, 0) is 0 Å². The lowest BCUT2D eigenvalue weighted by molar-refractivity contribution is 0.935. The van der Waals surface area contributed by atoms with E-state index in [1.54, 1.807) is 35.1 Å². The summed E-state index contributed by atoms with van der Waals surface area (Å²) in [6.45, 7) is 0. The smallest absolute Gasteiger partial charge is 0.207 e. The van der Waals surface area contributed by atoms with Crippen molar-refractivity contribution >= 4 is 52.4 Å². The van der Waals surface area contributed by atoms with Crippen molar-refractivity contribution in [2.75, 3.05) is 0 Å². The van der Waals surface area contributed by atoms with Crippen molar-refractivity contribution in [3.8, 4) is 0 Å². The molecule has 0 aromatic carbocycles. The number of hydrogen-bond acceptors (Lipinski definition) is 5. The standard InChI is InChI=1S/C11H10N4S3/c16-11(14-12-7-9-3-1-5-17-9)15-13-8-10-4-2-6-18-10/h1-8H,(H2,14,15,16)/b12-7-,13-8+. The number of hydrogen-bond donors (Lipinski definition) is 2. The van der Waals surface area contributed by atoms with Crippen LogP contribution in [0.1, 0.15) is 9.75 Å². The van der Waals surface area contributed by atoms with E-state index in [2.05, 4.69) is 21.1 Å². The van der Waals surface area contributed by atoms with E-state index in [-0.39, 0.29) is 0 Å². The highest BCUT2D eigenvalue weighted by molar-refractivity contribution is 7.80. The van der Waals surface area contributed by atoms with Gasteiger partial charge in [0.05, 0.1) is 12.4 Å². The fraction of sp³-hybridized carbons (Fsp3) is 0. The van der Waals surface area contributed by atoms with Crippen molar-refractivity contribution in [2.45, 2.75) is 0 Å². The lowest BCUT2D eigenvalue weighted by Crippen LogP contribution is -2.28. The molecular weight excluding hydrogens is 284 g/mol. The first-order valence-corrected chi connectivity index (χ1v) is 7.20. The topological polar surface area (TPSA) is 48.8 Å². The molecule has 2 N–H and O–H groups in total. The van der Waals surface area contributed by atoms with Crippen molar-refractivity contribution in [2.24, 2.45) is 10.2 Å². The Kier molecular flexibility index (Phi) is 5.00. The minimum absolute atomic E-state index is 0.357. The molecule has 0 aliphatic rings. The Hall–Kier alpha value is -1.57. The van der Waals surface area contributed by atoms with Crippen molar-refractivity contribution in [3.63, 3.8) is 0 Å². The lowest BCUT2D eigenvalue weighted by atomic mass is 10.5. The molecule has 0 amide bonds. The Labute approximate surface area is 118 Å². The predicted molar refractivity (Wildman–Crippen MR) is 82.7 cm³/mol. The molecule has 0 fully saturated rings. The van der Waals surface area contributed by atoms with Gasteiger partial charge in [0.25, 0.3) is 0 Å². The Morgan fingerprint density at radius 3 is 1.89 bits per heavy atom. The summed E-state index contributed by atoms with van der Waals surface area (Å²) in [5.74, 6) is 0. The number of hydrazone groups is 2. The van der Waals surface area contributed by atoms with Crippen LogP contribution >= 0.6 is 34.9 Å². The summed E-state index contributed by atoms with van der Waals surface area (Å²) < 4.78 is 0. The first-order valence-electron chi connectivity index (χ1n) is 5.04. The lowest BCUT2D eigenvalue weighted by Gasteiger charge is -1.99. The summed E-state index contributed by atoms with van der Waals surface area (Å²) in [4.78, 5) is 2.12. The van der Waals surface area contributed by atoms with Crippen molar-refractivity contribution in [1.82, 2.24) is 10.9 Å². The van der Waals surface area contributed by atoms with E-state index >= 15 is 0 Å². The summed E-state index contributed by atoms with van der Waals surface area (Å²) in [5.41, 5.74) is 5.37. The number of nitrogens with zero attached hydrogens (tertiary/aromatic N) is 2. The number of rotatable bonds is 4. The van der Waals surface area contributed by atoms with E-state index in [0.717, 1.165) is 9.75 Å². The fourth-order valence-corrected chi connectivity index (χ4v) is 2.34. The Bertz CT molecular complexity index is 480. The molecule has 0 spiro atoms. The average Bonchev–Trinajstić information content (AvgIpc) is 3.01. The van der Waals surface area contributed by atoms with E-state index in [9.17, 15) is 0 Å². The maximum absolute atomic E-state index is 5.00. The largest absolute Gasteiger partial charge is 0.252 e. The molecular formula is C11H10N4S3. The molecule has 92 valence electrons. The number of thiophene rings is 2. The van der Waals surface area contributed by atoms with Crippen LogP contribution in [0.25, 0.3) is 0 Å². The summed E-state index contributed by atoms with van der Waals surface area (Å²) in [6.07, 6.45) is 3.42. The van der Waals surface area contributed by atoms with Crippen LogP contribution in [0.15, 0.2) is 45.2 Å². The van der Waals surface area contributed by atoms with E-state index in [1.165, 1.54) is 0 Å². The monoisotopic (exact) mass is 294 g/mol. The molecule has 0 saturated heterocycles. The molecule has 0 saturated carbocycles. The minimum Gasteiger partial charge on any atom is -0.252 e. The van der Waals surface area contributed by atoms with E-state index in [0.29, 0.717) is 5.11 Å². The van der Waals surface area contributed by atoms with Crippen LogP contribution in [0, 0.1) is 0 Å². The quantitative estimate of drug-likeness (QED) is 0.518. The van der Waals surface area contributed by atoms with Crippen molar-refractivity contribution in [3.05, 3.63) is 44.8 Å². The maximum Gasteiger partial charge on any atom is 0.207 e. The van der Waals surface area contributed by atoms with Gasteiger partial charge in [0.2, 0.25) is 5.11 Å². The molecule has 7 heteroatoms. The zero-order valence-corrected chi connectivity index (χ0v) is 11.7. The van der Waals surface area contributed by atoms with Gasteiger partial charge in [0, 0.05) is 9.75 Å². The molecule has 0 bridgehead atoms. The van der Waals surface area contributed by atoms with Crippen LogP contribution in [0.4, 0.5) is 0 Å². The fourth-order valence-electron chi connectivity index (χ4n) is 1.06. The van der Waals surface area contributed by atoms with Crippen LogP contribution in [0.2, 0.25) is 0 Å². The number of nitrogens with one attached hydrogen (secondary N) is 2. The van der Waals surface area contributed by atoms with Gasteiger partial charge in [0.15, 0.2) is 0 Å². The molecule has 4 nitrogen and oxygen atoms in total. The molecule has 0 aliphatic heterocycles. The van der Waals surface area contributed by atoms with Gasteiger partial charge >= 0.3 is 0 Å². The highest BCUT2D eigenvalue weighted by atomic mass is 32.1. The Morgan fingerprint density at radius 2 is 1.50 bits per heavy atom. The second-order valence-corrected chi connectivity index (χ2v) is 5.47. The average molecular weight is 294 g/mol. The zero-order chi connectivity index (χ0) is 12.6. The van der Waals surface area contributed by atoms with Crippen LogP contribution in [0.3, 0.4) is 0 Å². The molecule has 2 aromatic heterocycles. The third-order valence-corrected chi connectivity index (χ3v) is 3.60. The Morgan fingerprint density at radius 1 is 1.00 bits per heavy atom. The molecule has 0 atom stereocenters. The third kappa shape index (κ3) is 4.36. The normalized spacial score (nSPS) is 11.1. The highest BCUT2D eigenvalue weighted by Crippen LogP contribution is 2.04. The van der Waals surface area contributed by atoms with E-state index in [4.69, 9.17) is 12.2 Å². The summed E-state index contributed by atoms with van der Waals surface area (Å²) in [7, 11) is 0. The van der Waals surface area contributed by atoms with Gasteiger partial charge < -0.3 is 0 Å². The SMILES string of the molecule is S=C(N/N=C\c1cccs1)N/N=C/c1cccs1. The van der Waals surface area contributed by atoms with Crippen LogP contribution in [0.5, 0.6) is 0 Å². The van der Waals surface area contributed by atoms with E-state index in [1.807, 2.05) is 35.0 Å².